The van der Waals surface area contributed by atoms with Crippen molar-refractivity contribution in [3.8, 4) is 11.8 Å². The monoisotopic (exact) mass is 450 g/mol. The van der Waals surface area contributed by atoms with E-state index in [1.165, 1.54) is 24.3 Å². The maximum absolute atomic E-state index is 13.1. The predicted octanol–water partition coefficient (Wildman–Crippen LogP) is 5.58. The van der Waals surface area contributed by atoms with E-state index in [1.54, 1.807) is 24.3 Å². The van der Waals surface area contributed by atoms with Crippen LogP contribution in [-0.4, -0.2) is 12.5 Å². The third kappa shape index (κ3) is 5.47. The number of alkyl halides is 3. The van der Waals surface area contributed by atoms with Gasteiger partial charge in [-0.3, -0.25) is 4.79 Å². The molecule has 8 heteroatoms. The maximum atomic E-state index is 13.1. The van der Waals surface area contributed by atoms with Crippen LogP contribution in [0, 0.1) is 11.3 Å². The molecule has 0 aromatic heterocycles. The van der Waals surface area contributed by atoms with Gasteiger partial charge in [0, 0.05) is 10.0 Å². The number of carbonyl (C=O) groups is 1. The van der Waals surface area contributed by atoms with Gasteiger partial charge in [-0.2, -0.15) is 18.4 Å². The van der Waals surface area contributed by atoms with E-state index in [1.807, 2.05) is 0 Å². The van der Waals surface area contributed by atoms with Gasteiger partial charge in [-0.1, -0.05) is 40.7 Å². The molecule has 4 nitrogen and oxygen atoms in total. The summed E-state index contributed by atoms with van der Waals surface area (Å²) in [6.45, 7) is 3.75. The number of hydrogen-bond donors (Lipinski definition) is 1. The summed E-state index contributed by atoms with van der Waals surface area (Å²) in [5.74, 6) is -0.576. The SMILES string of the molecule is C=CCOc1ccc(Br)cc1/C=C(/C#N)C(=O)Nc1ccccc1C(F)(F)F. The number of hydrogen-bond acceptors (Lipinski definition) is 3. The molecule has 144 valence electrons. The lowest BCUT2D eigenvalue weighted by Gasteiger charge is -2.13. The van der Waals surface area contributed by atoms with Crippen molar-refractivity contribution >= 4 is 33.6 Å². The Hall–Kier alpha value is -3.05. The number of halogens is 4. The van der Waals surface area contributed by atoms with Crippen LogP contribution in [0.4, 0.5) is 18.9 Å². The van der Waals surface area contributed by atoms with Gasteiger partial charge in [0.25, 0.3) is 5.91 Å². The van der Waals surface area contributed by atoms with Gasteiger partial charge >= 0.3 is 6.18 Å². The number of ether oxygens (including phenoxy) is 1. The number of para-hydroxylation sites is 1. The molecule has 0 heterocycles. The Kier molecular flexibility index (Phi) is 7.01. The summed E-state index contributed by atoms with van der Waals surface area (Å²) in [5, 5.41) is 11.5. The van der Waals surface area contributed by atoms with Crippen molar-refractivity contribution in [1.29, 1.82) is 5.26 Å². The maximum Gasteiger partial charge on any atom is 0.418 e. The first-order valence-corrected chi connectivity index (χ1v) is 8.68. The Labute approximate surface area is 168 Å². The zero-order valence-electron chi connectivity index (χ0n) is 14.4. The summed E-state index contributed by atoms with van der Waals surface area (Å²) in [6.07, 6.45) is -1.87. The minimum absolute atomic E-state index is 0.204. The average Bonchev–Trinajstić information content (AvgIpc) is 2.64. The lowest BCUT2D eigenvalue weighted by atomic mass is 10.1. The summed E-state index contributed by atoms with van der Waals surface area (Å²) in [5.41, 5.74) is -1.40. The zero-order chi connectivity index (χ0) is 20.7. The molecule has 2 rings (SSSR count). The molecule has 0 unspecified atom stereocenters. The molecule has 0 fully saturated rings. The Morgan fingerprint density at radius 1 is 1.29 bits per heavy atom. The van der Waals surface area contributed by atoms with Crippen molar-refractivity contribution in [2.24, 2.45) is 0 Å². The molecule has 2 aromatic carbocycles. The fourth-order valence-electron chi connectivity index (χ4n) is 2.25. The molecule has 0 saturated carbocycles. The third-order valence-electron chi connectivity index (χ3n) is 3.47. The molecular formula is C20H14BrF3N2O2. The predicted molar refractivity (Wildman–Crippen MR) is 103 cm³/mol. The fourth-order valence-corrected chi connectivity index (χ4v) is 2.62. The smallest absolute Gasteiger partial charge is 0.418 e. The number of nitrogens with one attached hydrogen (secondary N) is 1. The van der Waals surface area contributed by atoms with Crippen LogP contribution in [0.3, 0.4) is 0 Å². The number of anilines is 1. The van der Waals surface area contributed by atoms with E-state index >= 15 is 0 Å². The van der Waals surface area contributed by atoms with Crippen LogP contribution < -0.4 is 10.1 Å². The largest absolute Gasteiger partial charge is 0.489 e. The van der Waals surface area contributed by atoms with Crippen LogP contribution in [0.25, 0.3) is 6.08 Å². The van der Waals surface area contributed by atoms with Crippen molar-refractivity contribution in [2.45, 2.75) is 6.18 Å². The number of benzene rings is 2. The van der Waals surface area contributed by atoms with Gasteiger partial charge in [0.1, 0.15) is 24.0 Å². The standard InChI is InChI=1S/C20H14BrF3N2O2/c1-2-9-28-18-8-7-15(21)11-13(18)10-14(12-25)19(27)26-17-6-4-3-5-16(17)20(22,23)24/h2-8,10-11H,1,9H2,(H,26,27)/b14-10-. The molecule has 0 spiro atoms. The van der Waals surface area contributed by atoms with E-state index in [9.17, 15) is 23.2 Å². The molecular weight excluding hydrogens is 437 g/mol. The van der Waals surface area contributed by atoms with Gasteiger partial charge in [0.15, 0.2) is 0 Å². The summed E-state index contributed by atoms with van der Waals surface area (Å²) < 4.78 is 45.4. The number of carbonyl (C=O) groups excluding carboxylic acids is 1. The molecule has 1 N–H and O–H groups in total. The van der Waals surface area contributed by atoms with Crippen LogP contribution >= 0.6 is 15.9 Å². The molecule has 2 aromatic rings. The van der Waals surface area contributed by atoms with Crippen molar-refractivity contribution < 1.29 is 22.7 Å². The second-order valence-corrected chi connectivity index (χ2v) is 6.36. The van der Waals surface area contributed by atoms with Gasteiger partial charge < -0.3 is 10.1 Å². The first-order chi connectivity index (χ1) is 13.3. The fraction of sp³-hybridized carbons (Fsp3) is 0.100. The van der Waals surface area contributed by atoms with Gasteiger partial charge in [0.05, 0.1) is 11.3 Å². The zero-order valence-corrected chi connectivity index (χ0v) is 16.0. The molecule has 0 atom stereocenters. The van der Waals surface area contributed by atoms with Crippen LogP contribution in [0.2, 0.25) is 0 Å². The first-order valence-electron chi connectivity index (χ1n) is 7.89. The minimum atomic E-state index is -4.64. The van der Waals surface area contributed by atoms with E-state index in [0.717, 1.165) is 12.1 Å². The summed E-state index contributed by atoms with van der Waals surface area (Å²) in [7, 11) is 0. The van der Waals surface area contributed by atoms with Crippen molar-refractivity contribution in [2.75, 3.05) is 11.9 Å². The molecule has 1 amide bonds. The van der Waals surface area contributed by atoms with E-state index in [-0.39, 0.29) is 12.2 Å². The Morgan fingerprint density at radius 3 is 2.64 bits per heavy atom. The second kappa shape index (κ2) is 9.24. The van der Waals surface area contributed by atoms with Gasteiger partial charge in [-0.25, -0.2) is 0 Å². The third-order valence-corrected chi connectivity index (χ3v) is 3.97. The number of nitriles is 1. The number of amides is 1. The Bertz CT molecular complexity index is 963. The average molecular weight is 451 g/mol. The van der Waals surface area contributed by atoms with Crippen LogP contribution in [-0.2, 0) is 11.0 Å². The van der Waals surface area contributed by atoms with E-state index in [2.05, 4.69) is 27.8 Å². The highest BCUT2D eigenvalue weighted by Gasteiger charge is 2.33. The molecule has 0 radical (unpaired) electrons. The lowest BCUT2D eigenvalue weighted by molar-refractivity contribution is -0.137. The lowest BCUT2D eigenvalue weighted by Crippen LogP contribution is -2.17. The van der Waals surface area contributed by atoms with Crippen LogP contribution in [0.5, 0.6) is 5.75 Å². The van der Waals surface area contributed by atoms with E-state index in [4.69, 9.17) is 4.74 Å². The normalized spacial score (nSPS) is 11.5. The highest BCUT2D eigenvalue weighted by atomic mass is 79.9. The van der Waals surface area contributed by atoms with Crippen molar-refractivity contribution in [3.05, 3.63) is 76.3 Å². The van der Waals surface area contributed by atoms with Crippen molar-refractivity contribution in [3.63, 3.8) is 0 Å². The molecule has 28 heavy (non-hydrogen) atoms. The molecule has 0 aliphatic carbocycles. The quantitative estimate of drug-likeness (QED) is 0.355. The van der Waals surface area contributed by atoms with Gasteiger partial charge in [0.2, 0.25) is 0 Å². The molecule has 0 bridgehead atoms. The summed E-state index contributed by atoms with van der Waals surface area (Å²) >= 11 is 3.29. The Morgan fingerprint density at radius 2 is 2.00 bits per heavy atom. The summed E-state index contributed by atoms with van der Waals surface area (Å²) in [4.78, 5) is 12.4. The van der Waals surface area contributed by atoms with Gasteiger partial charge in [-0.15, -0.1) is 0 Å². The second-order valence-electron chi connectivity index (χ2n) is 5.45. The first kappa shape index (κ1) is 21.3. The Balaban J connectivity index is 2.37. The minimum Gasteiger partial charge on any atom is -0.489 e. The highest BCUT2D eigenvalue weighted by Crippen LogP contribution is 2.34. The van der Waals surface area contributed by atoms with Crippen molar-refractivity contribution in [1.82, 2.24) is 0 Å². The highest BCUT2D eigenvalue weighted by molar-refractivity contribution is 9.10. The number of nitrogens with zero attached hydrogens (tertiary/aromatic N) is 1. The molecule has 0 aliphatic rings. The van der Waals surface area contributed by atoms with Crippen LogP contribution in [0.1, 0.15) is 11.1 Å². The van der Waals surface area contributed by atoms with Crippen LogP contribution in [0.15, 0.2) is 65.2 Å². The molecule has 0 saturated heterocycles. The number of rotatable bonds is 6. The molecule has 0 aliphatic heterocycles. The van der Waals surface area contributed by atoms with Gasteiger partial charge in [-0.05, 0) is 36.4 Å². The summed E-state index contributed by atoms with van der Waals surface area (Å²) in [6, 6.07) is 11.2. The topological polar surface area (TPSA) is 62.1 Å². The van der Waals surface area contributed by atoms with E-state index < -0.39 is 23.3 Å². The van der Waals surface area contributed by atoms with E-state index in [0.29, 0.717) is 15.8 Å².